The van der Waals surface area contributed by atoms with Crippen LogP contribution in [0.3, 0.4) is 0 Å². The molecule has 0 unspecified atom stereocenters. The maximum Gasteiger partial charge on any atom is 0.235 e. The number of fused-ring (bicyclic) bond motifs is 1. The van der Waals surface area contributed by atoms with Gasteiger partial charge < -0.3 is 4.42 Å². The molecule has 0 amide bonds. The number of aromatic nitrogens is 4. The number of furan rings is 1. The summed E-state index contributed by atoms with van der Waals surface area (Å²) < 4.78 is 19.9. The minimum Gasteiger partial charge on any atom is -0.465 e. The van der Waals surface area contributed by atoms with E-state index in [1.54, 1.807) is 22.9 Å². The van der Waals surface area contributed by atoms with Crippen molar-refractivity contribution in [3.8, 4) is 11.4 Å². The van der Waals surface area contributed by atoms with Crippen LogP contribution in [0.1, 0.15) is 10.8 Å². The van der Waals surface area contributed by atoms with Gasteiger partial charge >= 0.3 is 0 Å². The molecule has 0 spiro atoms. The first-order chi connectivity index (χ1) is 10.8. The SMILES string of the molecule is Fc1ccc(-c2nnc3sc(C=Cc4ccco4)nn23)cc1. The highest BCUT2D eigenvalue weighted by molar-refractivity contribution is 7.17. The van der Waals surface area contributed by atoms with E-state index in [2.05, 4.69) is 15.3 Å². The maximum atomic E-state index is 13.0. The van der Waals surface area contributed by atoms with E-state index in [1.165, 1.54) is 23.5 Å². The van der Waals surface area contributed by atoms with Crippen LogP contribution in [-0.2, 0) is 0 Å². The van der Waals surface area contributed by atoms with Gasteiger partial charge in [-0.3, -0.25) is 0 Å². The Morgan fingerprint density at radius 3 is 2.73 bits per heavy atom. The molecular weight excluding hydrogens is 303 g/mol. The van der Waals surface area contributed by atoms with Gasteiger partial charge in [0.05, 0.1) is 6.26 Å². The molecule has 5 nitrogen and oxygen atoms in total. The second-order valence-electron chi connectivity index (χ2n) is 4.51. The van der Waals surface area contributed by atoms with E-state index in [4.69, 9.17) is 4.42 Å². The van der Waals surface area contributed by atoms with Crippen LogP contribution in [0.2, 0.25) is 0 Å². The number of benzene rings is 1. The van der Waals surface area contributed by atoms with E-state index >= 15 is 0 Å². The van der Waals surface area contributed by atoms with Crippen LogP contribution in [0, 0.1) is 5.82 Å². The van der Waals surface area contributed by atoms with Crippen molar-refractivity contribution in [3.05, 3.63) is 59.2 Å². The van der Waals surface area contributed by atoms with Crippen molar-refractivity contribution >= 4 is 28.4 Å². The highest BCUT2D eigenvalue weighted by atomic mass is 32.1. The highest BCUT2D eigenvalue weighted by Crippen LogP contribution is 2.22. The van der Waals surface area contributed by atoms with Crippen molar-refractivity contribution in [3.63, 3.8) is 0 Å². The fraction of sp³-hybridized carbons (Fsp3) is 0. The van der Waals surface area contributed by atoms with Gasteiger partial charge in [-0.25, -0.2) is 4.39 Å². The Morgan fingerprint density at radius 2 is 1.95 bits per heavy atom. The number of hydrogen-bond donors (Lipinski definition) is 0. The lowest BCUT2D eigenvalue weighted by atomic mass is 10.2. The molecule has 0 bridgehead atoms. The average Bonchev–Trinajstić information content (AvgIpc) is 3.23. The van der Waals surface area contributed by atoms with Gasteiger partial charge in [0.15, 0.2) is 5.82 Å². The van der Waals surface area contributed by atoms with Crippen molar-refractivity contribution in [1.82, 2.24) is 19.8 Å². The Hall–Kier alpha value is -2.80. The van der Waals surface area contributed by atoms with Gasteiger partial charge in [-0.05, 0) is 48.6 Å². The summed E-state index contributed by atoms with van der Waals surface area (Å²) in [4.78, 5) is 0.679. The molecule has 4 rings (SSSR count). The van der Waals surface area contributed by atoms with Crippen LogP contribution < -0.4 is 0 Å². The lowest BCUT2D eigenvalue weighted by Gasteiger charge is -1.95. The van der Waals surface area contributed by atoms with Crippen molar-refractivity contribution in [1.29, 1.82) is 0 Å². The predicted molar refractivity (Wildman–Crippen MR) is 81.7 cm³/mol. The number of hydrogen-bond acceptors (Lipinski definition) is 5. The summed E-state index contributed by atoms with van der Waals surface area (Å²) in [6.07, 6.45) is 5.31. The van der Waals surface area contributed by atoms with E-state index < -0.39 is 0 Å². The van der Waals surface area contributed by atoms with E-state index in [0.29, 0.717) is 10.8 Å². The number of halogens is 1. The van der Waals surface area contributed by atoms with Gasteiger partial charge in [-0.15, -0.1) is 10.2 Å². The standard InChI is InChI=1S/C15H9FN4OS/c16-11-5-3-10(4-6-11)14-17-18-15-20(14)19-13(22-15)8-7-12-2-1-9-21-12/h1-9H. The van der Waals surface area contributed by atoms with Gasteiger partial charge in [0.25, 0.3) is 0 Å². The third-order valence-corrected chi connectivity index (χ3v) is 3.91. The van der Waals surface area contributed by atoms with Crippen LogP contribution in [0.25, 0.3) is 28.5 Å². The fourth-order valence-corrected chi connectivity index (χ4v) is 2.76. The Bertz CT molecular complexity index is 938. The second kappa shape index (κ2) is 5.19. The topological polar surface area (TPSA) is 56.2 Å². The molecule has 0 aliphatic heterocycles. The zero-order valence-corrected chi connectivity index (χ0v) is 12.0. The molecule has 0 fully saturated rings. The smallest absolute Gasteiger partial charge is 0.235 e. The largest absolute Gasteiger partial charge is 0.465 e. The summed E-state index contributed by atoms with van der Waals surface area (Å²) in [5.74, 6) is 1.05. The van der Waals surface area contributed by atoms with E-state index in [1.807, 2.05) is 24.3 Å². The molecule has 0 N–H and O–H groups in total. The summed E-state index contributed by atoms with van der Waals surface area (Å²) in [5, 5.41) is 13.4. The summed E-state index contributed by atoms with van der Waals surface area (Å²) in [7, 11) is 0. The van der Waals surface area contributed by atoms with Gasteiger partial charge in [0, 0.05) is 5.56 Å². The minimum absolute atomic E-state index is 0.287. The first-order valence-corrected chi connectivity index (χ1v) is 7.31. The van der Waals surface area contributed by atoms with Crippen molar-refractivity contribution < 1.29 is 8.81 Å². The van der Waals surface area contributed by atoms with Crippen molar-refractivity contribution in [2.75, 3.05) is 0 Å². The molecule has 0 aliphatic rings. The monoisotopic (exact) mass is 312 g/mol. The van der Waals surface area contributed by atoms with Gasteiger partial charge in [-0.2, -0.15) is 9.61 Å². The zero-order chi connectivity index (χ0) is 14.9. The highest BCUT2D eigenvalue weighted by Gasteiger charge is 2.12. The van der Waals surface area contributed by atoms with Gasteiger partial charge in [0.2, 0.25) is 4.96 Å². The molecule has 7 heteroatoms. The fourth-order valence-electron chi connectivity index (χ4n) is 2.02. The van der Waals surface area contributed by atoms with Gasteiger partial charge in [-0.1, -0.05) is 11.3 Å². The molecular formula is C15H9FN4OS. The van der Waals surface area contributed by atoms with Crippen LogP contribution in [0.5, 0.6) is 0 Å². The third-order valence-electron chi connectivity index (χ3n) is 3.04. The molecule has 0 aliphatic carbocycles. The minimum atomic E-state index is -0.287. The zero-order valence-electron chi connectivity index (χ0n) is 11.2. The summed E-state index contributed by atoms with van der Waals surface area (Å²) in [5.41, 5.74) is 0.765. The van der Waals surface area contributed by atoms with Crippen molar-refractivity contribution in [2.45, 2.75) is 0 Å². The summed E-state index contributed by atoms with van der Waals surface area (Å²) in [6, 6.07) is 9.78. The Balaban J connectivity index is 1.71. The van der Waals surface area contributed by atoms with Crippen LogP contribution in [-0.4, -0.2) is 19.8 Å². The summed E-state index contributed by atoms with van der Waals surface area (Å²) in [6.45, 7) is 0. The molecule has 0 saturated carbocycles. The summed E-state index contributed by atoms with van der Waals surface area (Å²) >= 11 is 1.41. The molecule has 0 radical (unpaired) electrons. The Labute approximate surface area is 128 Å². The molecule has 3 heterocycles. The molecule has 3 aromatic heterocycles. The second-order valence-corrected chi connectivity index (χ2v) is 5.50. The average molecular weight is 312 g/mol. The Kier molecular flexibility index (Phi) is 3.05. The Morgan fingerprint density at radius 1 is 1.09 bits per heavy atom. The molecule has 0 saturated heterocycles. The van der Waals surface area contributed by atoms with E-state index in [9.17, 15) is 4.39 Å². The quantitative estimate of drug-likeness (QED) is 0.578. The van der Waals surface area contributed by atoms with E-state index in [0.717, 1.165) is 16.3 Å². The lowest BCUT2D eigenvalue weighted by Crippen LogP contribution is -1.90. The van der Waals surface area contributed by atoms with Gasteiger partial charge in [0.1, 0.15) is 16.6 Å². The normalized spacial score (nSPS) is 11.7. The van der Waals surface area contributed by atoms with Crippen LogP contribution in [0.15, 0.2) is 47.1 Å². The molecule has 4 aromatic rings. The van der Waals surface area contributed by atoms with Crippen LogP contribution in [0.4, 0.5) is 4.39 Å². The first-order valence-electron chi connectivity index (χ1n) is 6.49. The molecule has 108 valence electrons. The number of rotatable bonds is 3. The van der Waals surface area contributed by atoms with Crippen molar-refractivity contribution in [2.24, 2.45) is 0 Å². The van der Waals surface area contributed by atoms with E-state index in [-0.39, 0.29) is 5.82 Å². The first kappa shape index (κ1) is 12.9. The lowest BCUT2D eigenvalue weighted by molar-refractivity contribution is 0.557. The number of nitrogens with zero attached hydrogens (tertiary/aromatic N) is 4. The third kappa shape index (κ3) is 2.31. The molecule has 1 aromatic carbocycles. The van der Waals surface area contributed by atoms with Crippen LogP contribution >= 0.6 is 11.3 Å². The molecule has 22 heavy (non-hydrogen) atoms. The predicted octanol–water partition coefficient (Wildman–Crippen LogP) is 3.76. The molecule has 0 atom stereocenters. The maximum absolute atomic E-state index is 13.0.